The van der Waals surface area contributed by atoms with Gasteiger partial charge < -0.3 is 28.7 Å². The Kier molecular flexibility index (Phi) is 12.6. The molecule has 8 rings (SSSR count). The molecule has 4 amide bonds. The van der Waals surface area contributed by atoms with Crippen LogP contribution in [-0.4, -0.2) is 127 Å². The van der Waals surface area contributed by atoms with E-state index in [1.54, 1.807) is 32.0 Å². The van der Waals surface area contributed by atoms with Crippen LogP contribution in [0.3, 0.4) is 0 Å². The maximum absolute atomic E-state index is 13.6. The molecule has 4 saturated heterocycles. The van der Waals surface area contributed by atoms with E-state index in [1.165, 1.54) is 0 Å². The standard InChI is InChI=1S/C47H58N8O7/c1-30-7-8-34(23-35(30)47(60)55(29-56)40-9-10-44(57)49-45(40)58)52-17-12-32(13-18-52)11-16-51-19-20-54(31(2)26-51)28-39-41(61-4)21-33(22-42(39)62-5)38-27-50(3)46(59)37-25-48-43(24-36(37)38)53-14-6-15-53/h7-8,21-25,27,29,31-32,40H,6,9-20,26,28H2,1-5H3,(H,49,57,58). The van der Waals surface area contributed by atoms with Crippen LogP contribution in [0.15, 0.2) is 53.6 Å². The van der Waals surface area contributed by atoms with Gasteiger partial charge >= 0.3 is 0 Å². The molecule has 4 aliphatic rings. The van der Waals surface area contributed by atoms with Crippen LogP contribution in [0.25, 0.3) is 21.9 Å². The molecule has 1 N–H and O–H groups in total. The number of hydrogen-bond donors (Lipinski definition) is 1. The summed E-state index contributed by atoms with van der Waals surface area (Å²) < 4.78 is 13.7. The van der Waals surface area contributed by atoms with Crippen LogP contribution in [0, 0.1) is 12.8 Å². The van der Waals surface area contributed by atoms with Crippen molar-refractivity contribution in [1.82, 2.24) is 29.6 Å². The van der Waals surface area contributed by atoms with Gasteiger partial charge in [-0.05, 0) is 99.9 Å². The number of piperazine rings is 1. The van der Waals surface area contributed by atoms with Gasteiger partial charge in [0.2, 0.25) is 18.2 Å². The average Bonchev–Trinajstić information content (AvgIpc) is 3.25. The highest BCUT2D eigenvalue weighted by Gasteiger charge is 2.36. The van der Waals surface area contributed by atoms with E-state index in [9.17, 15) is 24.0 Å². The van der Waals surface area contributed by atoms with Crippen LogP contribution >= 0.6 is 0 Å². The number of anilines is 2. The molecule has 0 aliphatic carbocycles. The summed E-state index contributed by atoms with van der Waals surface area (Å²) in [6, 6.07) is 11.2. The van der Waals surface area contributed by atoms with Crippen LogP contribution in [0.2, 0.25) is 0 Å². The van der Waals surface area contributed by atoms with Crippen molar-refractivity contribution in [3.63, 3.8) is 0 Å². The van der Waals surface area contributed by atoms with Gasteiger partial charge in [-0.1, -0.05) is 6.07 Å². The van der Waals surface area contributed by atoms with E-state index in [-0.39, 0.29) is 18.4 Å². The predicted octanol–water partition coefficient (Wildman–Crippen LogP) is 4.35. The monoisotopic (exact) mass is 846 g/mol. The van der Waals surface area contributed by atoms with Crippen molar-refractivity contribution in [2.75, 3.05) is 76.4 Å². The first kappa shape index (κ1) is 42.9. The molecule has 0 spiro atoms. The number of benzene rings is 2. The number of carbonyl (C=O) groups is 4. The molecule has 4 aromatic rings. The van der Waals surface area contributed by atoms with E-state index in [1.807, 2.05) is 37.4 Å². The second-order valence-corrected chi connectivity index (χ2v) is 17.4. The molecule has 2 unspecified atom stereocenters. The number of amides is 4. The third kappa shape index (κ3) is 8.65. The number of fused-ring (bicyclic) bond motifs is 1. The molecular weight excluding hydrogens is 789 g/mol. The van der Waals surface area contributed by atoms with E-state index >= 15 is 0 Å². The first-order valence-electron chi connectivity index (χ1n) is 21.9. The van der Waals surface area contributed by atoms with Gasteiger partial charge in [0.25, 0.3) is 11.5 Å². The minimum atomic E-state index is -1.00. The lowest BCUT2D eigenvalue weighted by Crippen LogP contribution is -2.54. The molecule has 328 valence electrons. The zero-order chi connectivity index (χ0) is 43.7. The van der Waals surface area contributed by atoms with Gasteiger partial charge in [0, 0.05) is 106 Å². The van der Waals surface area contributed by atoms with Gasteiger partial charge in [0.1, 0.15) is 23.4 Å². The fourth-order valence-electron chi connectivity index (χ4n) is 9.54. The minimum absolute atomic E-state index is 0.0790. The molecule has 2 aromatic heterocycles. The van der Waals surface area contributed by atoms with Gasteiger partial charge in [-0.25, -0.2) is 4.98 Å². The summed E-state index contributed by atoms with van der Waals surface area (Å²) in [4.78, 5) is 78.1. The average molecular weight is 847 g/mol. The van der Waals surface area contributed by atoms with E-state index in [0.717, 1.165) is 134 Å². The number of pyridine rings is 2. The number of imide groups is 2. The van der Waals surface area contributed by atoms with E-state index in [4.69, 9.17) is 9.47 Å². The van der Waals surface area contributed by atoms with E-state index < -0.39 is 23.8 Å². The Morgan fingerprint density at radius 2 is 1.68 bits per heavy atom. The lowest BCUT2D eigenvalue weighted by atomic mass is 9.92. The summed E-state index contributed by atoms with van der Waals surface area (Å²) in [7, 11) is 5.18. The molecule has 2 atom stereocenters. The SMILES string of the molecule is COc1cc(-c2cn(C)c(=O)c3cnc(N4CCC4)cc23)cc(OC)c1CN1CCN(CCC2CCN(c3ccc(C)c(C(=O)N(C=O)C4CCC(=O)NC4=O)c3)CC2)CC1C. The molecule has 0 saturated carbocycles. The Balaban J connectivity index is 0.868. The Morgan fingerprint density at radius 1 is 0.935 bits per heavy atom. The molecule has 15 nitrogen and oxygen atoms in total. The van der Waals surface area contributed by atoms with Gasteiger partial charge in [-0.15, -0.1) is 0 Å². The summed E-state index contributed by atoms with van der Waals surface area (Å²) in [6.45, 7) is 12.4. The Morgan fingerprint density at radius 3 is 2.32 bits per heavy atom. The van der Waals surface area contributed by atoms with Crippen molar-refractivity contribution in [1.29, 1.82) is 0 Å². The largest absolute Gasteiger partial charge is 0.496 e. The third-order valence-electron chi connectivity index (χ3n) is 13.5. The van der Waals surface area contributed by atoms with Gasteiger partial charge in [0.15, 0.2) is 0 Å². The summed E-state index contributed by atoms with van der Waals surface area (Å²) >= 11 is 0. The summed E-state index contributed by atoms with van der Waals surface area (Å²) in [5.74, 6) is 1.43. The highest BCUT2D eigenvalue weighted by Crippen LogP contribution is 2.39. The third-order valence-corrected chi connectivity index (χ3v) is 13.5. The smallest absolute Gasteiger partial charge is 0.261 e. The van der Waals surface area contributed by atoms with Crippen LogP contribution in [0.4, 0.5) is 11.5 Å². The van der Waals surface area contributed by atoms with Crippen molar-refractivity contribution in [2.24, 2.45) is 13.0 Å². The maximum atomic E-state index is 13.6. The first-order chi connectivity index (χ1) is 30.0. The van der Waals surface area contributed by atoms with Crippen LogP contribution in [0.1, 0.15) is 66.9 Å². The number of aromatic nitrogens is 2. The second-order valence-electron chi connectivity index (χ2n) is 17.4. The number of aryl methyl sites for hydroxylation is 2. The maximum Gasteiger partial charge on any atom is 0.261 e. The normalized spacial score (nSPS) is 20.2. The lowest BCUT2D eigenvalue weighted by molar-refractivity contribution is -0.139. The second kappa shape index (κ2) is 18.3. The lowest BCUT2D eigenvalue weighted by Gasteiger charge is -2.41. The number of piperidine rings is 2. The molecule has 0 bridgehead atoms. The molecule has 62 heavy (non-hydrogen) atoms. The van der Waals surface area contributed by atoms with Crippen LogP contribution < -0.4 is 30.1 Å². The molecule has 0 radical (unpaired) electrons. The number of rotatable bonds is 13. The molecule has 6 heterocycles. The van der Waals surface area contributed by atoms with Crippen molar-refractivity contribution < 1.29 is 28.7 Å². The molecule has 4 fully saturated rings. The first-order valence-corrected chi connectivity index (χ1v) is 21.9. The number of carbonyl (C=O) groups excluding carboxylic acids is 4. The number of methoxy groups -OCH3 is 2. The number of nitrogens with zero attached hydrogens (tertiary/aromatic N) is 7. The van der Waals surface area contributed by atoms with E-state index in [0.29, 0.717) is 35.9 Å². The fourth-order valence-corrected chi connectivity index (χ4v) is 9.54. The van der Waals surface area contributed by atoms with Crippen molar-refractivity contribution in [2.45, 2.75) is 71.0 Å². The Hall–Kier alpha value is -5.80. The van der Waals surface area contributed by atoms with Crippen LogP contribution in [-0.2, 0) is 28.0 Å². The minimum Gasteiger partial charge on any atom is -0.496 e. The zero-order valence-electron chi connectivity index (χ0n) is 36.5. The van der Waals surface area contributed by atoms with Gasteiger partial charge in [-0.2, -0.15) is 0 Å². The highest BCUT2D eigenvalue weighted by molar-refractivity contribution is 6.08. The fraction of sp³-hybridized carbons (Fsp3) is 0.489. The quantitative estimate of drug-likeness (QED) is 0.151. The van der Waals surface area contributed by atoms with Crippen molar-refractivity contribution >= 4 is 46.4 Å². The predicted molar refractivity (Wildman–Crippen MR) is 238 cm³/mol. The van der Waals surface area contributed by atoms with Gasteiger partial charge in [-0.3, -0.25) is 39.1 Å². The van der Waals surface area contributed by atoms with Crippen molar-refractivity contribution in [3.8, 4) is 22.6 Å². The number of hydrogen-bond acceptors (Lipinski definition) is 12. The summed E-state index contributed by atoms with van der Waals surface area (Å²) in [6.07, 6.45) is 8.55. The summed E-state index contributed by atoms with van der Waals surface area (Å²) in [5.41, 5.74) is 4.79. The molecule has 15 heteroatoms. The van der Waals surface area contributed by atoms with Gasteiger partial charge in [0.05, 0.1) is 25.2 Å². The topological polar surface area (TPSA) is 150 Å². The number of nitrogens with one attached hydrogen (secondary N) is 1. The van der Waals surface area contributed by atoms with E-state index in [2.05, 4.69) is 49.0 Å². The Labute approximate surface area is 362 Å². The van der Waals surface area contributed by atoms with Crippen LogP contribution in [0.5, 0.6) is 11.5 Å². The Bertz CT molecular complexity index is 2400. The molecular formula is C47H58N8O7. The zero-order valence-corrected chi connectivity index (χ0v) is 36.5. The number of ether oxygens (including phenoxy) is 2. The molecule has 4 aliphatic heterocycles. The van der Waals surface area contributed by atoms with Crippen molar-refractivity contribution in [3.05, 3.63) is 75.8 Å². The highest BCUT2D eigenvalue weighted by atomic mass is 16.5. The molecule has 2 aromatic carbocycles. The summed E-state index contributed by atoms with van der Waals surface area (Å²) in [5, 5.41) is 3.69.